The molecule has 2 amide bonds. The van der Waals surface area contributed by atoms with Crippen LogP contribution in [0.3, 0.4) is 0 Å². The molecule has 0 unspecified atom stereocenters. The maximum absolute atomic E-state index is 11.6. The number of carbonyl (C=O) groups excluding carboxylic acids is 4. The topological polar surface area (TPSA) is 102 Å². The standard InChI is InChI=1S/C13H13IN2O5/c14-8-12(19)15-10-5-3-9(4-6-10)13(20)21-16-11(18)2-1-7-17/h3-7H,1-2,8H2,(H,15,19)(H,16,18). The highest BCUT2D eigenvalue weighted by atomic mass is 127. The first-order valence-corrected chi connectivity index (χ1v) is 7.49. The lowest BCUT2D eigenvalue weighted by Gasteiger charge is -2.06. The third-order valence-corrected chi connectivity index (χ3v) is 2.97. The van der Waals surface area contributed by atoms with Crippen molar-refractivity contribution in [3.63, 3.8) is 0 Å². The van der Waals surface area contributed by atoms with Crippen LogP contribution >= 0.6 is 22.6 Å². The van der Waals surface area contributed by atoms with Crippen molar-refractivity contribution in [2.24, 2.45) is 0 Å². The highest BCUT2D eigenvalue weighted by Crippen LogP contribution is 2.10. The van der Waals surface area contributed by atoms with Gasteiger partial charge in [-0.05, 0) is 24.3 Å². The van der Waals surface area contributed by atoms with E-state index in [1.807, 2.05) is 28.1 Å². The predicted octanol–water partition coefficient (Wildman–Crippen LogP) is 1.23. The molecule has 112 valence electrons. The third kappa shape index (κ3) is 6.34. The van der Waals surface area contributed by atoms with Gasteiger partial charge >= 0.3 is 5.97 Å². The summed E-state index contributed by atoms with van der Waals surface area (Å²) in [5.74, 6) is -1.43. The van der Waals surface area contributed by atoms with Gasteiger partial charge in [0.25, 0.3) is 5.91 Å². The summed E-state index contributed by atoms with van der Waals surface area (Å²) in [5, 5.41) is 2.63. The first-order valence-electron chi connectivity index (χ1n) is 5.96. The molecule has 1 rings (SSSR count). The number of benzene rings is 1. The summed E-state index contributed by atoms with van der Waals surface area (Å²) in [6, 6.07) is 6.02. The quantitative estimate of drug-likeness (QED) is 0.322. The van der Waals surface area contributed by atoms with E-state index in [0.717, 1.165) is 0 Å². The summed E-state index contributed by atoms with van der Waals surface area (Å²) >= 11 is 1.94. The molecular weight excluding hydrogens is 391 g/mol. The largest absolute Gasteiger partial charge is 0.362 e. The normalized spacial score (nSPS) is 9.57. The second-order valence-corrected chi connectivity index (χ2v) is 4.64. The Bertz CT molecular complexity index is 530. The molecule has 21 heavy (non-hydrogen) atoms. The van der Waals surface area contributed by atoms with E-state index in [4.69, 9.17) is 0 Å². The molecule has 2 N–H and O–H groups in total. The number of carbonyl (C=O) groups is 4. The smallest absolute Gasteiger partial charge is 0.335 e. The van der Waals surface area contributed by atoms with Crippen LogP contribution in [0.5, 0.6) is 0 Å². The van der Waals surface area contributed by atoms with Crippen molar-refractivity contribution in [1.29, 1.82) is 0 Å². The van der Waals surface area contributed by atoms with Gasteiger partial charge < -0.3 is 14.9 Å². The maximum atomic E-state index is 11.6. The summed E-state index contributed by atoms with van der Waals surface area (Å²) in [7, 11) is 0. The Hall–Kier alpha value is -1.97. The molecule has 0 saturated heterocycles. The number of alkyl halides is 1. The van der Waals surface area contributed by atoms with Crippen LogP contribution in [0.15, 0.2) is 24.3 Å². The van der Waals surface area contributed by atoms with Gasteiger partial charge in [-0.25, -0.2) is 4.79 Å². The van der Waals surface area contributed by atoms with Crippen LogP contribution in [-0.2, 0) is 19.2 Å². The fraction of sp³-hybridized carbons (Fsp3) is 0.231. The number of hydrogen-bond acceptors (Lipinski definition) is 5. The second kappa shape index (κ2) is 9.06. The number of hydroxylamine groups is 1. The maximum Gasteiger partial charge on any atom is 0.362 e. The molecule has 0 bridgehead atoms. The molecule has 0 atom stereocenters. The minimum atomic E-state index is -0.735. The molecular formula is C13H13IN2O5. The van der Waals surface area contributed by atoms with Crippen molar-refractivity contribution in [1.82, 2.24) is 5.48 Å². The van der Waals surface area contributed by atoms with Crippen LogP contribution in [0.4, 0.5) is 5.69 Å². The molecule has 0 aliphatic carbocycles. The SMILES string of the molecule is O=CCCC(=O)NOC(=O)c1ccc(NC(=O)CI)cc1. The summed E-state index contributed by atoms with van der Waals surface area (Å²) in [6.07, 6.45) is 0.622. The highest BCUT2D eigenvalue weighted by molar-refractivity contribution is 14.1. The van der Waals surface area contributed by atoms with E-state index in [-0.39, 0.29) is 24.3 Å². The van der Waals surface area contributed by atoms with E-state index in [9.17, 15) is 19.2 Å². The average molecular weight is 404 g/mol. The average Bonchev–Trinajstić information content (AvgIpc) is 2.51. The van der Waals surface area contributed by atoms with Gasteiger partial charge in [-0.2, -0.15) is 5.48 Å². The molecule has 8 heteroatoms. The first-order chi connectivity index (χ1) is 10.1. The fourth-order valence-electron chi connectivity index (χ4n) is 1.29. The van der Waals surface area contributed by atoms with Gasteiger partial charge in [0.2, 0.25) is 5.91 Å². The van der Waals surface area contributed by atoms with Crippen LogP contribution in [0.1, 0.15) is 23.2 Å². The van der Waals surface area contributed by atoms with E-state index >= 15 is 0 Å². The predicted molar refractivity (Wildman–Crippen MR) is 82.8 cm³/mol. The third-order valence-electron chi connectivity index (χ3n) is 2.27. The zero-order valence-electron chi connectivity index (χ0n) is 10.9. The summed E-state index contributed by atoms with van der Waals surface area (Å²) in [6.45, 7) is 0. The van der Waals surface area contributed by atoms with Crippen molar-refractivity contribution < 1.29 is 24.0 Å². The molecule has 1 aromatic rings. The Balaban J connectivity index is 2.49. The zero-order chi connectivity index (χ0) is 15.7. The van der Waals surface area contributed by atoms with Crippen molar-refractivity contribution in [3.8, 4) is 0 Å². The van der Waals surface area contributed by atoms with Crippen molar-refractivity contribution in [2.75, 3.05) is 9.74 Å². The molecule has 0 fully saturated rings. The Kier molecular flexibility index (Phi) is 7.37. The first kappa shape index (κ1) is 17.1. The molecule has 0 saturated carbocycles. The Labute approximate surface area is 134 Å². The van der Waals surface area contributed by atoms with Crippen LogP contribution in [0.2, 0.25) is 0 Å². The van der Waals surface area contributed by atoms with Gasteiger partial charge in [-0.15, -0.1) is 0 Å². The Morgan fingerprint density at radius 2 is 1.81 bits per heavy atom. The molecule has 7 nitrogen and oxygen atoms in total. The summed E-state index contributed by atoms with van der Waals surface area (Å²) in [5.41, 5.74) is 2.73. The molecule has 0 radical (unpaired) electrons. The van der Waals surface area contributed by atoms with Crippen LogP contribution in [0.25, 0.3) is 0 Å². The van der Waals surface area contributed by atoms with Gasteiger partial charge in [0.15, 0.2) is 0 Å². The summed E-state index contributed by atoms with van der Waals surface area (Å²) < 4.78 is 0.328. The Morgan fingerprint density at radius 3 is 2.38 bits per heavy atom. The van der Waals surface area contributed by atoms with Crippen LogP contribution in [-0.4, -0.2) is 28.5 Å². The fourth-order valence-corrected chi connectivity index (χ4v) is 1.48. The number of nitrogens with one attached hydrogen (secondary N) is 2. The van der Waals surface area contributed by atoms with Gasteiger partial charge in [0, 0.05) is 18.5 Å². The summed E-state index contributed by atoms with van der Waals surface area (Å²) in [4.78, 5) is 48.6. The van der Waals surface area contributed by atoms with E-state index < -0.39 is 11.9 Å². The number of halogens is 1. The lowest BCUT2D eigenvalue weighted by molar-refractivity contribution is -0.130. The number of anilines is 1. The van der Waals surface area contributed by atoms with Gasteiger partial charge in [0.1, 0.15) is 6.29 Å². The highest BCUT2D eigenvalue weighted by Gasteiger charge is 2.10. The number of hydrogen-bond donors (Lipinski definition) is 2. The lowest BCUT2D eigenvalue weighted by atomic mass is 10.2. The molecule has 0 spiro atoms. The van der Waals surface area contributed by atoms with E-state index in [1.54, 1.807) is 12.1 Å². The molecule has 1 aromatic carbocycles. The zero-order valence-corrected chi connectivity index (χ0v) is 13.1. The van der Waals surface area contributed by atoms with Crippen molar-refractivity contribution >= 4 is 52.3 Å². The van der Waals surface area contributed by atoms with Gasteiger partial charge in [-0.1, -0.05) is 22.6 Å². The molecule has 0 aromatic heterocycles. The minimum absolute atomic E-state index is 0.0436. The second-order valence-electron chi connectivity index (χ2n) is 3.88. The molecule has 0 heterocycles. The van der Waals surface area contributed by atoms with E-state index in [2.05, 4.69) is 10.2 Å². The van der Waals surface area contributed by atoms with E-state index in [1.165, 1.54) is 12.1 Å². The Morgan fingerprint density at radius 1 is 1.14 bits per heavy atom. The van der Waals surface area contributed by atoms with Crippen LogP contribution in [0, 0.1) is 0 Å². The van der Waals surface area contributed by atoms with Crippen LogP contribution < -0.4 is 10.8 Å². The number of aldehydes is 1. The lowest BCUT2D eigenvalue weighted by Crippen LogP contribution is -2.26. The number of amides is 2. The van der Waals surface area contributed by atoms with Crippen molar-refractivity contribution in [3.05, 3.63) is 29.8 Å². The molecule has 0 aliphatic rings. The molecule has 0 aliphatic heterocycles. The van der Waals surface area contributed by atoms with Gasteiger partial charge in [-0.3, -0.25) is 9.59 Å². The van der Waals surface area contributed by atoms with E-state index in [0.29, 0.717) is 16.4 Å². The number of rotatable bonds is 6. The van der Waals surface area contributed by atoms with Gasteiger partial charge in [0.05, 0.1) is 9.99 Å². The van der Waals surface area contributed by atoms with Crippen molar-refractivity contribution in [2.45, 2.75) is 12.8 Å². The monoisotopic (exact) mass is 404 g/mol. The minimum Gasteiger partial charge on any atom is -0.335 e.